The lowest BCUT2D eigenvalue weighted by molar-refractivity contribution is -0.137. The molecule has 1 heterocycles. The first-order chi connectivity index (χ1) is 9.47. The maximum atomic E-state index is 12.1. The van der Waals surface area contributed by atoms with Gasteiger partial charge in [-0.3, -0.25) is 9.59 Å². The van der Waals surface area contributed by atoms with E-state index in [9.17, 15) is 9.59 Å². The van der Waals surface area contributed by atoms with Gasteiger partial charge in [-0.05, 0) is 30.3 Å². The van der Waals surface area contributed by atoms with E-state index in [0.29, 0.717) is 10.7 Å². The van der Waals surface area contributed by atoms with Gasteiger partial charge in [0.2, 0.25) is 0 Å². The highest BCUT2D eigenvalue weighted by Gasteiger charge is 2.14. The lowest BCUT2D eigenvalue weighted by Gasteiger charge is -2.09. The molecule has 0 atom stereocenters. The predicted octanol–water partition coefficient (Wildman–Crippen LogP) is 3.24. The monoisotopic (exact) mass is 356 g/mol. The third-order valence-corrected chi connectivity index (χ3v) is 3.35. The summed E-state index contributed by atoms with van der Waals surface area (Å²) in [6.07, 6.45) is 1.53. The minimum atomic E-state index is -1.02. The molecule has 1 aromatic carbocycles. The molecule has 1 aromatic heterocycles. The lowest BCUT2D eigenvalue weighted by atomic mass is 10.3. The number of carboxylic acids is 1. The zero-order valence-electron chi connectivity index (χ0n) is 10.1. The van der Waals surface area contributed by atoms with Crippen LogP contribution in [-0.2, 0) is 11.3 Å². The van der Waals surface area contributed by atoms with Crippen molar-refractivity contribution in [1.82, 2.24) is 4.57 Å². The number of rotatable bonds is 4. The van der Waals surface area contributed by atoms with Crippen molar-refractivity contribution in [3.63, 3.8) is 0 Å². The van der Waals surface area contributed by atoms with Crippen LogP contribution in [0.25, 0.3) is 0 Å². The van der Waals surface area contributed by atoms with Crippen LogP contribution in [0.15, 0.2) is 41.0 Å². The summed E-state index contributed by atoms with van der Waals surface area (Å²) in [6.45, 7) is -0.274. The van der Waals surface area contributed by atoms with Crippen LogP contribution in [0, 0.1) is 0 Å². The topological polar surface area (TPSA) is 71.3 Å². The van der Waals surface area contributed by atoms with Crippen molar-refractivity contribution in [3.8, 4) is 0 Å². The molecule has 104 valence electrons. The van der Waals surface area contributed by atoms with Gasteiger partial charge < -0.3 is 15.0 Å². The van der Waals surface area contributed by atoms with Gasteiger partial charge in [-0.2, -0.15) is 0 Å². The summed E-state index contributed by atoms with van der Waals surface area (Å²) in [5.74, 6) is -1.43. The predicted molar refractivity (Wildman–Crippen MR) is 79.2 cm³/mol. The van der Waals surface area contributed by atoms with Crippen LogP contribution in [0.1, 0.15) is 10.5 Å². The Morgan fingerprint density at radius 2 is 2.10 bits per heavy atom. The molecule has 1 amide bonds. The molecule has 2 aromatic rings. The van der Waals surface area contributed by atoms with Crippen molar-refractivity contribution in [1.29, 1.82) is 0 Å². The quantitative estimate of drug-likeness (QED) is 0.882. The Balaban J connectivity index is 2.20. The third-order valence-electron chi connectivity index (χ3n) is 2.55. The van der Waals surface area contributed by atoms with Crippen molar-refractivity contribution in [2.45, 2.75) is 6.54 Å². The second-order valence-corrected chi connectivity index (χ2v) is 5.32. The highest BCUT2D eigenvalue weighted by atomic mass is 79.9. The average Bonchev–Trinajstić information content (AvgIpc) is 2.80. The first-order valence-electron chi connectivity index (χ1n) is 5.60. The fourth-order valence-electron chi connectivity index (χ4n) is 1.68. The summed E-state index contributed by atoms with van der Waals surface area (Å²) in [4.78, 5) is 22.8. The minimum Gasteiger partial charge on any atom is -0.480 e. The zero-order valence-corrected chi connectivity index (χ0v) is 12.5. The van der Waals surface area contributed by atoms with E-state index in [-0.39, 0.29) is 12.2 Å². The Labute approximate surface area is 128 Å². The van der Waals surface area contributed by atoms with Gasteiger partial charge >= 0.3 is 5.97 Å². The number of carbonyl (C=O) groups excluding carboxylic acids is 1. The maximum Gasteiger partial charge on any atom is 0.323 e. The molecule has 5 nitrogen and oxygen atoms in total. The fourth-order valence-corrected chi connectivity index (χ4v) is 2.40. The number of hydrogen-bond donors (Lipinski definition) is 2. The molecule has 0 spiro atoms. The molecular weight excluding hydrogens is 348 g/mol. The van der Waals surface area contributed by atoms with E-state index in [0.717, 1.165) is 4.47 Å². The number of amides is 1. The highest BCUT2D eigenvalue weighted by Crippen LogP contribution is 2.26. The van der Waals surface area contributed by atoms with Gasteiger partial charge in [0, 0.05) is 10.7 Å². The van der Waals surface area contributed by atoms with Gasteiger partial charge in [-0.15, -0.1) is 0 Å². The van der Waals surface area contributed by atoms with Crippen LogP contribution in [0.5, 0.6) is 0 Å². The largest absolute Gasteiger partial charge is 0.480 e. The number of aliphatic carboxylic acids is 1. The number of benzene rings is 1. The second kappa shape index (κ2) is 6.11. The van der Waals surface area contributed by atoms with E-state index < -0.39 is 11.9 Å². The summed E-state index contributed by atoms with van der Waals surface area (Å²) < 4.78 is 2.15. The summed E-state index contributed by atoms with van der Waals surface area (Å²) in [5.41, 5.74) is 0.717. The van der Waals surface area contributed by atoms with E-state index >= 15 is 0 Å². The summed E-state index contributed by atoms with van der Waals surface area (Å²) in [7, 11) is 0. The van der Waals surface area contributed by atoms with E-state index in [1.54, 1.807) is 30.3 Å². The Hall–Kier alpha value is -1.79. The second-order valence-electron chi connectivity index (χ2n) is 3.99. The molecule has 20 heavy (non-hydrogen) atoms. The highest BCUT2D eigenvalue weighted by molar-refractivity contribution is 9.10. The van der Waals surface area contributed by atoms with Crippen LogP contribution >= 0.6 is 27.5 Å². The smallest absolute Gasteiger partial charge is 0.323 e. The van der Waals surface area contributed by atoms with Crippen molar-refractivity contribution >= 4 is 45.1 Å². The van der Waals surface area contributed by atoms with Crippen LogP contribution in [0.4, 0.5) is 5.69 Å². The molecule has 0 aliphatic carbocycles. The molecule has 2 rings (SSSR count). The Kier molecular flexibility index (Phi) is 4.46. The van der Waals surface area contributed by atoms with Gasteiger partial charge in [-0.1, -0.05) is 27.5 Å². The number of aromatic nitrogens is 1. The summed E-state index contributed by atoms with van der Waals surface area (Å²) in [6, 6.07) is 8.23. The van der Waals surface area contributed by atoms with Gasteiger partial charge in [-0.25, -0.2) is 0 Å². The van der Waals surface area contributed by atoms with Crippen LogP contribution in [0.3, 0.4) is 0 Å². The van der Waals surface area contributed by atoms with E-state index in [4.69, 9.17) is 16.7 Å². The SMILES string of the molecule is O=C(O)Cn1cccc1C(=O)Nc1ccc(Br)cc1Cl. The van der Waals surface area contributed by atoms with Crippen molar-refractivity contribution in [2.24, 2.45) is 0 Å². The lowest BCUT2D eigenvalue weighted by Crippen LogP contribution is -2.19. The summed E-state index contributed by atoms with van der Waals surface area (Å²) in [5, 5.41) is 11.8. The van der Waals surface area contributed by atoms with Gasteiger partial charge in [0.25, 0.3) is 5.91 Å². The molecule has 7 heteroatoms. The molecule has 2 N–H and O–H groups in total. The number of anilines is 1. The van der Waals surface area contributed by atoms with Crippen LogP contribution in [-0.4, -0.2) is 21.6 Å². The minimum absolute atomic E-state index is 0.256. The molecule has 0 radical (unpaired) electrons. The zero-order chi connectivity index (χ0) is 14.7. The molecule has 0 aliphatic heterocycles. The first kappa shape index (κ1) is 14.6. The van der Waals surface area contributed by atoms with Crippen LogP contribution in [0.2, 0.25) is 5.02 Å². The van der Waals surface area contributed by atoms with Crippen molar-refractivity contribution < 1.29 is 14.7 Å². The standard InChI is InChI=1S/C13H10BrClN2O3/c14-8-3-4-10(9(15)6-8)16-13(20)11-2-1-5-17(11)7-12(18)19/h1-6H,7H2,(H,16,20)(H,18,19). The van der Waals surface area contributed by atoms with Crippen molar-refractivity contribution in [2.75, 3.05) is 5.32 Å². The number of nitrogens with zero attached hydrogens (tertiary/aromatic N) is 1. The fraction of sp³-hybridized carbons (Fsp3) is 0.0769. The van der Waals surface area contributed by atoms with E-state index in [2.05, 4.69) is 21.2 Å². The average molecular weight is 358 g/mol. The number of hydrogen-bond acceptors (Lipinski definition) is 2. The molecule has 0 aliphatic rings. The third kappa shape index (κ3) is 3.40. The Morgan fingerprint density at radius 3 is 2.75 bits per heavy atom. The molecule has 0 fully saturated rings. The molecule has 0 unspecified atom stereocenters. The maximum absolute atomic E-state index is 12.1. The van der Waals surface area contributed by atoms with E-state index in [1.165, 1.54) is 10.8 Å². The Bertz CT molecular complexity index is 669. The summed E-state index contributed by atoms with van der Waals surface area (Å²) >= 11 is 9.29. The van der Waals surface area contributed by atoms with Gasteiger partial charge in [0.15, 0.2) is 0 Å². The normalized spacial score (nSPS) is 10.3. The molecule has 0 saturated carbocycles. The first-order valence-corrected chi connectivity index (χ1v) is 6.78. The number of halogens is 2. The Morgan fingerprint density at radius 1 is 1.35 bits per heavy atom. The molecule has 0 saturated heterocycles. The number of carbonyl (C=O) groups is 2. The van der Waals surface area contributed by atoms with Crippen molar-refractivity contribution in [3.05, 3.63) is 51.7 Å². The number of nitrogens with one attached hydrogen (secondary N) is 1. The van der Waals surface area contributed by atoms with Gasteiger partial charge in [0.05, 0.1) is 10.7 Å². The van der Waals surface area contributed by atoms with E-state index in [1.807, 2.05) is 0 Å². The van der Waals surface area contributed by atoms with Gasteiger partial charge in [0.1, 0.15) is 12.2 Å². The molecule has 0 bridgehead atoms. The van der Waals surface area contributed by atoms with Crippen LogP contribution < -0.4 is 5.32 Å². The number of carboxylic acid groups (broad SMARTS) is 1. The molecular formula is C13H10BrClN2O3.